The molecule has 1 aliphatic rings. The van der Waals surface area contributed by atoms with Crippen molar-refractivity contribution in [3.05, 3.63) is 24.1 Å². The highest BCUT2D eigenvalue weighted by Crippen LogP contribution is 2.24. The number of piperidine rings is 1. The molecule has 3 rings (SSSR count). The summed E-state index contributed by atoms with van der Waals surface area (Å²) in [6, 6.07) is 5.49. The van der Waals surface area contributed by atoms with E-state index in [2.05, 4.69) is 9.88 Å². The van der Waals surface area contributed by atoms with Crippen LogP contribution in [-0.4, -0.2) is 33.7 Å². The highest BCUT2D eigenvalue weighted by atomic mass is 16.3. The van der Waals surface area contributed by atoms with Crippen molar-refractivity contribution in [2.45, 2.75) is 31.9 Å². The molecule has 19 heavy (non-hydrogen) atoms. The minimum absolute atomic E-state index is 0.522. The second-order valence-corrected chi connectivity index (χ2v) is 5.61. The van der Waals surface area contributed by atoms with E-state index in [0.717, 1.165) is 37.0 Å². The van der Waals surface area contributed by atoms with Crippen molar-refractivity contribution in [3.63, 3.8) is 0 Å². The Bertz CT molecular complexity index is 581. The molecule has 5 nitrogen and oxygen atoms in total. The maximum atomic E-state index is 9.92. The van der Waals surface area contributed by atoms with Gasteiger partial charge in [0.1, 0.15) is 5.52 Å². The summed E-state index contributed by atoms with van der Waals surface area (Å²) in [6.07, 6.45) is 1.58. The van der Waals surface area contributed by atoms with Crippen LogP contribution in [0.3, 0.4) is 0 Å². The maximum Gasteiger partial charge on any atom is 0.209 e. The Balaban J connectivity index is 1.72. The number of rotatable bonds is 2. The zero-order chi connectivity index (χ0) is 13.5. The molecular formula is C14H19N3O2. The first kappa shape index (κ1) is 12.4. The molecule has 102 valence electrons. The number of aliphatic hydroxyl groups is 1. The molecule has 5 heteroatoms. The van der Waals surface area contributed by atoms with Gasteiger partial charge in [-0.3, -0.25) is 4.90 Å². The van der Waals surface area contributed by atoms with Crippen LogP contribution in [0.2, 0.25) is 0 Å². The normalized spacial score (nSPS) is 19.9. The Labute approximate surface area is 112 Å². The number of likely N-dealkylation sites (tertiary alicyclic amines) is 1. The molecule has 0 saturated carbocycles. The van der Waals surface area contributed by atoms with Gasteiger partial charge in [-0.1, -0.05) is 0 Å². The van der Waals surface area contributed by atoms with E-state index in [4.69, 9.17) is 10.2 Å². The quantitative estimate of drug-likeness (QED) is 0.806. The summed E-state index contributed by atoms with van der Waals surface area (Å²) in [5, 5.41) is 9.92. The Morgan fingerprint density at radius 1 is 1.42 bits per heavy atom. The fourth-order valence-electron chi connectivity index (χ4n) is 2.44. The Kier molecular flexibility index (Phi) is 2.95. The molecule has 1 fully saturated rings. The van der Waals surface area contributed by atoms with Crippen LogP contribution in [0.5, 0.6) is 0 Å². The molecule has 0 spiro atoms. The van der Waals surface area contributed by atoms with E-state index in [1.165, 1.54) is 0 Å². The predicted molar refractivity (Wildman–Crippen MR) is 73.6 cm³/mol. The lowest BCUT2D eigenvalue weighted by molar-refractivity contribution is -0.00898. The fourth-order valence-corrected chi connectivity index (χ4v) is 2.44. The average Bonchev–Trinajstić information content (AvgIpc) is 2.73. The fraction of sp³-hybridized carbons (Fsp3) is 0.500. The average molecular weight is 261 g/mol. The number of aromatic nitrogens is 1. The largest absolute Gasteiger partial charge is 0.439 e. The molecular weight excluding hydrogens is 242 g/mol. The molecule has 3 N–H and O–H groups in total. The number of fused-ring (bicyclic) bond motifs is 1. The standard InChI is InChI=1S/C14H19N3O2/c1-14(18)4-6-17(7-5-14)9-13-16-11-8-10(15)2-3-12(11)19-13/h2-3,8,18H,4-7,9,15H2,1H3. The molecule has 0 aliphatic carbocycles. The zero-order valence-corrected chi connectivity index (χ0v) is 11.1. The highest BCUT2D eigenvalue weighted by molar-refractivity contribution is 5.76. The van der Waals surface area contributed by atoms with Crippen molar-refractivity contribution in [2.24, 2.45) is 0 Å². The lowest BCUT2D eigenvalue weighted by Gasteiger charge is -2.35. The minimum Gasteiger partial charge on any atom is -0.439 e. The SMILES string of the molecule is CC1(O)CCN(Cc2nc3cc(N)ccc3o2)CC1. The van der Waals surface area contributed by atoms with E-state index in [9.17, 15) is 5.11 Å². The third kappa shape index (κ3) is 2.72. The molecule has 2 aromatic rings. The zero-order valence-electron chi connectivity index (χ0n) is 11.1. The van der Waals surface area contributed by atoms with Gasteiger partial charge in [-0.05, 0) is 38.0 Å². The van der Waals surface area contributed by atoms with Gasteiger partial charge in [0, 0.05) is 18.8 Å². The first-order chi connectivity index (χ1) is 9.02. The maximum absolute atomic E-state index is 9.92. The lowest BCUT2D eigenvalue weighted by Crippen LogP contribution is -2.41. The minimum atomic E-state index is -0.522. The van der Waals surface area contributed by atoms with Crippen LogP contribution >= 0.6 is 0 Å². The van der Waals surface area contributed by atoms with Gasteiger partial charge in [-0.15, -0.1) is 0 Å². The molecule has 0 bridgehead atoms. The van der Waals surface area contributed by atoms with E-state index < -0.39 is 5.60 Å². The summed E-state index contributed by atoms with van der Waals surface area (Å²) < 4.78 is 5.71. The molecule has 0 amide bonds. The van der Waals surface area contributed by atoms with Gasteiger partial charge in [0.15, 0.2) is 5.58 Å². The van der Waals surface area contributed by atoms with Crippen LogP contribution in [0.1, 0.15) is 25.7 Å². The molecule has 1 saturated heterocycles. The monoisotopic (exact) mass is 261 g/mol. The number of nitrogens with zero attached hydrogens (tertiary/aromatic N) is 2. The summed E-state index contributed by atoms with van der Waals surface area (Å²) in [5.41, 5.74) is 7.48. The Morgan fingerprint density at radius 2 is 2.16 bits per heavy atom. The molecule has 2 heterocycles. The van der Waals surface area contributed by atoms with Gasteiger partial charge in [0.25, 0.3) is 0 Å². The van der Waals surface area contributed by atoms with Gasteiger partial charge in [-0.25, -0.2) is 4.98 Å². The number of nitrogen functional groups attached to an aromatic ring is 1. The van der Waals surface area contributed by atoms with Crippen molar-refractivity contribution in [1.82, 2.24) is 9.88 Å². The molecule has 1 aromatic heterocycles. The van der Waals surface area contributed by atoms with Crippen LogP contribution in [0.25, 0.3) is 11.1 Å². The number of anilines is 1. The summed E-state index contributed by atoms with van der Waals surface area (Å²) >= 11 is 0. The van der Waals surface area contributed by atoms with Gasteiger partial charge < -0.3 is 15.3 Å². The highest BCUT2D eigenvalue weighted by Gasteiger charge is 2.27. The number of oxazole rings is 1. The number of hydrogen-bond donors (Lipinski definition) is 2. The lowest BCUT2D eigenvalue weighted by atomic mass is 9.94. The summed E-state index contributed by atoms with van der Waals surface area (Å²) in [4.78, 5) is 6.71. The topological polar surface area (TPSA) is 75.5 Å². The van der Waals surface area contributed by atoms with Crippen LogP contribution in [0.15, 0.2) is 22.6 Å². The van der Waals surface area contributed by atoms with E-state index in [0.29, 0.717) is 18.1 Å². The van der Waals surface area contributed by atoms with Crippen molar-refractivity contribution >= 4 is 16.8 Å². The first-order valence-corrected chi connectivity index (χ1v) is 6.62. The Morgan fingerprint density at radius 3 is 2.89 bits per heavy atom. The van der Waals surface area contributed by atoms with Crippen molar-refractivity contribution in [1.29, 1.82) is 0 Å². The number of benzene rings is 1. The predicted octanol–water partition coefficient (Wildman–Crippen LogP) is 1.76. The smallest absolute Gasteiger partial charge is 0.209 e. The third-order valence-electron chi connectivity index (χ3n) is 3.75. The van der Waals surface area contributed by atoms with E-state index in [1.54, 1.807) is 0 Å². The van der Waals surface area contributed by atoms with E-state index in [-0.39, 0.29) is 0 Å². The molecule has 0 unspecified atom stereocenters. The molecule has 0 radical (unpaired) electrons. The van der Waals surface area contributed by atoms with Gasteiger partial charge in [0.05, 0.1) is 12.1 Å². The van der Waals surface area contributed by atoms with Crippen LogP contribution in [-0.2, 0) is 6.54 Å². The van der Waals surface area contributed by atoms with Crippen molar-refractivity contribution < 1.29 is 9.52 Å². The second-order valence-electron chi connectivity index (χ2n) is 5.61. The second kappa shape index (κ2) is 4.51. The van der Waals surface area contributed by atoms with E-state index in [1.807, 2.05) is 25.1 Å². The molecule has 1 aliphatic heterocycles. The number of nitrogens with two attached hydrogens (primary N) is 1. The first-order valence-electron chi connectivity index (χ1n) is 6.62. The van der Waals surface area contributed by atoms with Crippen LogP contribution in [0.4, 0.5) is 5.69 Å². The van der Waals surface area contributed by atoms with Gasteiger partial charge in [0.2, 0.25) is 5.89 Å². The molecule has 1 aromatic carbocycles. The van der Waals surface area contributed by atoms with Crippen molar-refractivity contribution in [3.8, 4) is 0 Å². The van der Waals surface area contributed by atoms with E-state index >= 15 is 0 Å². The summed E-state index contributed by atoms with van der Waals surface area (Å²) in [5.74, 6) is 0.710. The molecule has 0 atom stereocenters. The summed E-state index contributed by atoms with van der Waals surface area (Å²) in [6.45, 7) is 4.32. The number of hydrogen-bond acceptors (Lipinski definition) is 5. The van der Waals surface area contributed by atoms with Gasteiger partial charge in [-0.2, -0.15) is 0 Å². The van der Waals surface area contributed by atoms with Crippen LogP contribution < -0.4 is 5.73 Å². The van der Waals surface area contributed by atoms with Crippen LogP contribution in [0, 0.1) is 0 Å². The van der Waals surface area contributed by atoms with Crippen molar-refractivity contribution in [2.75, 3.05) is 18.8 Å². The van der Waals surface area contributed by atoms with Gasteiger partial charge >= 0.3 is 0 Å². The Hall–Kier alpha value is -1.59. The third-order valence-corrected chi connectivity index (χ3v) is 3.75. The summed E-state index contributed by atoms with van der Waals surface area (Å²) in [7, 11) is 0.